The minimum absolute atomic E-state index is 0.202. The molecule has 2 rings (SSSR count). The average molecular weight is 224 g/mol. The number of hydrogen-bond acceptors (Lipinski definition) is 2. The molecule has 0 saturated heterocycles. The van der Waals surface area contributed by atoms with E-state index in [1.54, 1.807) is 0 Å². The Hall–Kier alpha value is -0.990. The van der Waals surface area contributed by atoms with Crippen molar-refractivity contribution in [3.8, 4) is 0 Å². The van der Waals surface area contributed by atoms with Crippen molar-refractivity contribution in [1.82, 2.24) is 5.32 Å². The van der Waals surface area contributed by atoms with E-state index in [0.717, 1.165) is 16.7 Å². The summed E-state index contributed by atoms with van der Waals surface area (Å²) in [4.78, 5) is 0. The maximum atomic E-state index is 6.08. The Morgan fingerprint density at radius 3 is 2.73 bits per heavy atom. The van der Waals surface area contributed by atoms with Crippen molar-refractivity contribution in [1.29, 1.82) is 0 Å². The Kier molecular flexibility index (Phi) is 2.72. The van der Waals surface area contributed by atoms with E-state index in [9.17, 15) is 0 Å². The average Bonchev–Trinajstić information content (AvgIpc) is 2.68. The Labute approximate surface area is 94.2 Å². The van der Waals surface area contributed by atoms with Crippen LogP contribution in [0.1, 0.15) is 24.3 Å². The molecule has 1 N–H and O–H groups in total. The first-order chi connectivity index (χ1) is 7.13. The second-order valence-corrected chi connectivity index (χ2v) is 4.17. The fraction of sp³-hybridized carbons (Fsp3) is 0.333. The molecule has 1 heterocycles. The summed E-state index contributed by atoms with van der Waals surface area (Å²) in [5.74, 6) is 0.920. The normalized spacial score (nSPS) is 13.3. The smallest absolute Gasteiger partial charge is 0.153 e. The van der Waals surface area contributed by atoms with Gasteiger partial charge in [-0.2, -0.15) is 0 Å². The van der Waals surface area contributed by atoms with E-state index in [1.807, 2.05) is 19.2 Å². The first kappa shape index (κ1) is 10.5. The second kappa shape index (κ2) is 3.87. The van der Waals surface area contributed by atoms with Gasteiger partial charge in [-0.15, -0.1) is 0 Å². The Morgan fingerprint density at radius 1 is 1.40 bits per heavy atom. The minimum Gasteiger partial charge on any atom is -0.458 e. The van der Waals surface area contributed by atoms with Crippen LogP contribution in [-0.4, -0.2) is 7.05 Å². The van der Waals surface area contributed by atoms with Crippen molar-refractivity contribution >= 4 is 22.6 Å². The summed E-state index contributed by atoms with van der Waals surface area (Å²) in [7, 11) is 1.91. The largest absolute Gasteiger partial charge is 0.458 e. The summed E-state index contributed by atoms with van der Waals surface area (Å²) in [5, 5.41) is 4.91. The lowest BCUT2D eigenvalue weighted by Gasteiger charge is -2.04. The van der Waals surface area contributed by atoms with Crippen molar-refractivity contribution in [3.63, 3.8) is 0 Å². The van der Waals surface area contributed by atoms with Crippen LogP contribution in [0.25, 0.3) is 11.0 Å². The third-order valence-corrected chi connectivity index (χ3v) is 3.03. The van der Waals surface area contributed by atoms with Crippen LogP contribution in [-0.2, 0) is 0 Å². The number of aryl methyl sites for hydroxylation is 1. The first-order valence-electron chi connectivity index (χ1n) is 4.99. The summed E-state index contributed by atoms with van der Waals surface area (Å²) in [6, 6.07) is 6.13. The van der Waals surface area contributed by atoms with E-state index in [1.165, 1.54) is 5.56 Å². The molecule has 80 valence electrons. The molecule has 2 nitrogen and oxygen atoms in total. The van der Waals surface area contributed by atoms with Crippen LogP contribution in [0.15, 0.2) is 22.6 Å². The lowest BCUT2D eigenvalue weighted by Crippen LogP contribution is -2.10. The van der Waals surface area contributed by atoms with Crippen LogP contribution >= 0.6 is 11.6 Å². The van der Waals surface area contributed by atoms with Gasteiger partial charge in [0.25, 0.3) is 0 Å². The van der Waals surface area contributed by atoms with Gasteiger partial charge in [0.15, 0.2) is 5.58 Å². The number of furan rings is 1. The van der Waals surface area contributed by atoms with Gasteiger partial charge in [0.1, 0.15) is 5.76 Å². The maximum absolute atomic E-state index is 6.08. The van der Waals surface area contributed by atoms with Gasteiger partial charge in [0.2, 0.25) is 0 Å². The molecule has 0 saturated carbocycles. The standard InChI is InChI=1S/C12H14ClNO/c1-7-4-5-10(13)12-9(7)6-11(15-12)8(2)14-3/h4-6,8,14H,1-3H3. The predicted molar refractivity (Wildman–Crippen MR) is 63.4 cm³/mol. The number of nitrogens with one attached hydrogen (secondary N) is 1. The van der Waals surface area contributed by atoms with E-state index in [4.69, 9.17) is 16.0 Å². The highest BCUT2D eigenvalue weighted by Gasteiger charge is 2.12. The van der Waals surface area contributed by atoms with E-state index in [-0.39, 0.29) is 6.04 Å². The van der Waals surface area contributed by atoms with Crippen molar-refractivity contribution in [3.05, 3.63) is 34.5 Å². The molecule has 0 aliphatic heterocycles. The molecule has 0 spiro atoms. The van der Waals surface area contributed by atoms with Gasteiger partial charge >= 0.3 is 0 Å². The van der Waals surface area contributed by atoms with Crippen LogP contribution in [0, 0.1) is 6.92 Å². The molecular formula is C12H14ClNO. The van der Waals surface area contributed by atoms with Gasteiger partial charge in [-0.05, 0) is 38.6 Å². The van der Waals surface area contributed by atoms with Crippen LogP contribution in [0.3, 0.4) is 0 Å². The van der Waals surface area contributed by atoms with Crippen LogP contribution in [0.5, 0.6) is 0 Å². The minimum atomic E-state index is 0.202. The van der Waals surface area contributed by atoms with Crippen LogP contribution < -0.4 is 5.32 Å². The zero-order chi connectivity index (χ0) is 11.0. The van der Waals surface area contributed by atoms with E-state index in [0.29, 0.717) is 5.02 Å². The van der Waals surface area contributed by atoms with E-state index >= 15 is 0 Å². The Morgan fingerprint density at radius 2 is 2.13 bits per heavy atom. The highest BCUT2D eigenvalue weighted by atomic mass is 35.5. The fourth-order valence-corrected chi connectivity index (χ4v) is 1.80. The molecule has 15 heavy (non-hydrogen) atoms. The lowest BCUT2D eigenvalue weighted by atomic mass is 10.1. The number of fused-ring (bicyclic) bond motifs is 1. The topological polar surface area (TPSA) is 25.2 Å². The fourth-order valence-electron chi connectivity index (χ4n) is 1.60. The quantitative estimate of drug-likeness (QED) is 0.840. The summed E-state index contributed by atoms with van der Waals surface area (Å²) in [5.41, 5.74) is 1.97. The van der Waals surface area contributed by atoms with Crippen molar-refractivity contribution < 1.29 is 4.42 Å². The van der Waals surface area contributed by atoms with Gasteiger partial charge in [-0.1, -0.05) is 17.7 Å². The molecular weight excluding hydrogens is 210 g/mol. The third kappa shape index (κ3) is 1.75. The predicted octanol–water partition coefficient (Wildman–Crippen LogP) is 3.68. The third-order valence-electron chi connectivity index (χ3n) is 2.73. The molecule has 1 unspecified atom stereocenters. The lowest BCUT2D eigenvalue weighted by molar-refractivity contribution is 0.475. The van der Waals surface area contributed by atoms with Crippen molar-refractivity contribution in [2.75, 3.05) is 7.05 Å². The first-order valence-corrected chi connectivity index (χ1v) is 5.37. The molecule has 0 radical (unpaired) electrons. The van der Waals surface area contributed by atoms with E-state index < -0.39 is 0 Å². The summed E-state index contributed by atoms with van der Waals surface area (Å²) < 4.78 is 5.74. The van der Waals surface area contributed by atoms with Gasteiger partial charge in [0, 0.05) is 5.39 Å². The molecule has 0 bridgehead atoms. The molecule has 1 aromatic heterocycles. The van der Waals surface area contributed by atoms with Crippen LogP contribution in [0.4, 0.5) is 0 Å². The van der Waals surface area contributed by atoms with Gasteiger partial charge in [0.05, 0.1) is 11.1 Å². The molecule has 1 atom stereocenters. The zero-order valence-corrected chi connectivity index (χ0v) is 9.85. The highest BCUT2D eigenvalue weighted by Crippen LogP contribution is 2.31. The molecule has 0 aliphatic rings. The van der Waals surface area contributed by atoms with Crippen LogP contribution in [0.2, 0.25) is 5.02 Å². The highest BCUT2D eigenvalue weighted by molar-refractivity contribution is 6.34. The van der Waals surface area contributed by atoms with E-state index in [2.05, 4.69) is 25.2 Å². The Balaban J connectivity index is 2.64. The molecule has 0 amide bonds. The maximum Gasteiger partial charge on any atom is 0.153 e. The van der Waals surface area contributed by atoms with Gasteiger partial charge < -0.3 is 9.73 Å². The molecule has 0 fully saturated rings. The van der Waals surface area contributed by atoms with Crippen molar-refractivity contribution in [2.45, 2.75) is 19.9 Å². The molecule has 0 aliphatic carbocycles. The monoisotopic (exact) mass is 223 g/mol. The molecule has 1 aromatic carbocycles. The number of hydrogen-bond donors (Lipinski definition) is 1. The zero-order valence-electron chi connectivity index (χ0n) is 9.10. The summed E-state index contributed by atoms with van der Waals surface area (Å²) >= 11 is 6.08. The summed E-state index contributed by atoms with van der Waals surface area (Å²) in [6.07, 6.45) is 0. The number of rotatable bonds is 2. The van der Waals surface area contributed by atoms with Crippen molar-refractivity contribution in [2.24, 2.45) is 0 Å². The Bertz CT molecular complexity index is 451. The SMILES string of the molecule is CNC(C)c1cc2c(C)ccc(Cl)c2o1. The van der Waals surface area contributed by atoms with Gasteiger partial charge in [-0.3, -0.25) is 0 Å². The summed E-state index contributed by atoms with van der Waals surface area (Å²) in [6.45, 7) is 4.11. The number of halogens is 1. The van der Waals surface area contributed by atoms with Gasteiger partial charge in [-0.25, -0.2) is 0 Å². The second-order valence-electron chi connectivity index (χ2n) is 3.77. The molecule has 2 aromatic rings. The molecule has 3 heteroatoms. The number of benzene rings is 1.